The van der Waals surface area contributed by atoms with Gasteiger partial charge in [0.1, 0.15) is 5.69 Å². The first kappa shape index (κ1) is 18.7. The molecule has 6 heteroatoms. The number of nitrogens with two attached hydrogens (primary N) is 1. The topological polar surface area (TPSA) is 94.3 Å². The molecule has 0 radical (unpaired) electrons. The summed E-state index contributed by atoms with van der Waals surface area (Å²) >= 11 is 0. The average Bonchev–Trinajstić information content (AvgIpc) is 3.45. The summed E-state index contributed by atoms with van der Waals surface area (Å²) in [7, 11) is 0. The molecule has 1 atom stereocenters. The Kier molecular flexibility index (Phi) is 5.21. The van der Waals surface area contributed by atoms with Crippen LogP contribution in [-0.4, -0.2) is 29.4 Å². The molecule has 0 aromatic carbocycles. The zero-order chi connectivity index (χ0) is 18.9. The van der Waals surface area contributed by atoms with Gasteiger partial charge in [0.05, 0.1) is 6.61 Å². The van der Waals surface area contributed by atoms with E-state index in [1.165, 1.54) is 12.8 Å². The molecular weight excluding hydrogens is 330 g/mol. The number of amides is 2. The van der Waals surface area contributed by atoms with Crippen LogP contribution in [0.1, 0.15) is 74.8 Å². The first-order valence-corrected chi connectivity index (χ1v) is 9.47. The summed E-state index contributed by atoms with van der Waals surface area (Å²) in [5.74, 6) is 0.989. The quantitative estimate of drug-likeness (QED) is 0.746. The molecule has 142 valence electrons. The van der Waals surface area contributed by atoms with Crippen molar-refractivity contribution in [2.75, 3.05) is 6.61 Å². The van der Waals surface area contributed by atoms with Crippen molar-refractivity contribution in [3.63, 3.8) is 0 Å². The van der Waals surface area contributed by atoms with Crippen molar-refractivity contribution >= 4 is 11.8 Å². The van der Waals surface area contributed by atoms with Crippen LogP contribution in [0.5, 0.6) is 5.88 Å². The fourth-order valence-corrected chi connectivity index (χ4v) is 2.89. The summed E-state index contributed by atoms with van der Waals surface area (Å²) in [5.41, 5.74) is 6.47. The van der Waals surface area contributed by atoms with Crippen LogP contribution in [0.15, 0.2) is 12.1 Å². The summed E-state index contributed by atoms with van der Waals surface area (Å²) in [4.78, 5) is 28.5. The Morgan fingerprint density at radius 2 is 1.96 bits per heavy atom. The van der Waals surface area contributed by atoms with Gasteiger partial charge in [0.15, 0.2) is 0 Å². The lowest BCUT2D eigenvalue weighted by atomic mass is 9.84. The van der Waals surface area contributed by atoms with Gasteiger partial charge in [-0.15, -0.1) is 0 Å². The Morgan fingerprint density at radius 1 is 1.27 bits per heavy atom. The number of hydrogen-bond acceptors (Lipinski definition) is 4. The number of pyridine rings is 1. The summed E-state index contributed by atoms with van der Waals surface area (Å²) < 4.78 is 5.92. The minimum atomic E-state index is -0.435. The van der Waals surface area contributed by atoms with Crippen molar-refractivity contribution in [3.05, 3.63) is 23.4 Å². The number of nitrogens with zero attached hydrogens (tertiary/aromatic N) is 1. The molecule has 2 saturated carbocycles. The van der Waals surface area contributed by atoms with Crippen molar-refractivity contribution in [1.29, 1.82) is 0 Å². The molecule has 3 N–H and O–H groups in total. The summed E-state index contributed by atoms with van der Waals surface area (Å²) in [6.07, 6.45) is 4.81. The molecule has 2 fully saturated rings. The number of hydrogen-bond donors (Lipinski definition) is 2. The van der Waals surface area contributed by atoms with E-state index >= 15 is 0 Å². The highest BCUT2D eigenvalue weighted by atomic mass is 16.5. The van der Waals surface area contributed by atoms with E-state index in [9.17, 15) is 9.59 Å². The van der Waals surface area contributed by atoms with E-state index in [1.54, 1.807) is 6.07 Å². The van der Waals surface area contributed by atoms with E-state index in [-0.39, 0.29) is 23.8 Å². The zero-order valence-electron chi connectivity index (χ0n) is 15.9. The number of carbonyl (C=O) groups is 2. The van der Waals surface area contributed by atoms with Gasteiger partial charge in [0, 0.05) is 18.0 Å². The second-order valence-corrected chi connectivity index (χ2v) is 8.68. The maximum atomic E-state index is 12.7. The fraction of sp³-hybridized carbons (Fsp3) is 0.650. The van der Waals surface area contributed by atoms with E-state index in [1.807, 2.05) is 26.8 Å². The maximum absolute atomic E-state index is 12.7. The van der Waals surface area contributed by atoms with Gasteiger partial charge in [-0.1, -0.05) is 26.8 Å². The Bertz CT molecular complexity index is 688. The average molecular weight is 359 g/mol. The Morgan fingerprint density at radius 3 is 2.50 bits per heavy atom. The minimum Gasteiger partial charge on any atom is -0.477 e. The molecule has 2 aliphatic carbocycles. The standard InChI is InChI=1S/C20H29N3O3/c1-20(2,3)16(10-17(21)24)23-18(25)15-9-8-14(13-6-7-13)19(22-15)26-11-12-4-5-12/h8-9,12-13,16H,4-7,10-11H2,1-3H3,(H2,21,24)(H,23,25)/t16-/m0/s1. The van der Waals surface area contributed by atoms with Crippen LogP contribution in [0.2, 0.25) is 0 Å². The third kappa shape index (κ3) is 4.96. The van der Waals surface area contributed by atoms with Gasteiger partial charge >= 0.3 is 0 Å². The Labute approximate surface area is 154 Å². The van der Waals surface area contributed by atoms with E-state index in [0.717, 1.165) is 18.4 Å². The van der Waals surface area contributed by atoms with Gasteiger partial charge in [0.2, 0.25) is 11.8 Å². The Balaban J connectivity index is 1.74. The van der Waals surface area contributed by atoms with Crippen LogP contribution >= 0.6 is 0 Å². The molecule has 3 rings (SSSR count). The molecule has 0 unspecified atom stereocenters. The summed E-state index contributed by atoms with van der Waals surface area (Å²) in [6.45, 7) is 6.57. The minimum absolute atomic E-state index is 0.0977. The maximum Gasteiger partial charge on any atom is 0.270 e. The van der Waals surface area contributed by atoms with E-state index in [2.05, 4.69) is 10.3 Å². The lowest BCUT2D eigenvalue weighted by molar-refractivity contribution is -0.119. The lowest BCUT2D eigenvalue weighted by Gasteiger charge is -2.30. The van der Waals surface area contributed by atoms with Crippen molar-refractivity contribution in [2.24, 2.45) is 17.1 Å². The molecular formula is C20H29N3O3. The van der Waals surface area contributed by atoms with Crippen LogP contribution < -0.4 is 15.8 Å². The van der Waals surface area contributed by atoms with Crippen molar-refractivity contribution in [1.82, 2.24) is 10.3 Å². The van der Waals surface area contributed by atoms with Gasteiger partial charge in [-0.05, 0) is 49.0 Å². The molecule has 1 aromatic heterocycles. The third-order valence-corrected chi connectivity index (χ3v) is 5.05. The van der Waals surface area contributed by atoms with Crippen LogP contribution in [-0.2, 0) is 4.79 Å². The second-order valence-electron chi connectivity index (χ2n) is 8.68. The predicted octanol–water partition coefficient (Wildman–Crippen LogP) is 2.77. The first-order valence-electron chi connectivity index (χ1n) is 9.47. The first-order chi connectivity index (χ1) is 12.2. The van der Waals surface area contributed by atoms with E-state index < -0.39 is 5.91 Å². The predicted molar refractivity (Wildman–Crippen MR) is 99.0 cm³/mol. The molecule has 26 heavy (non-hydrogen) atoms. The highest BCUT2D eigenvalue weighted by Gasteiger charge is 2.31. The van der Waals surface area contributed by atoms with Gasteiger partial charge in [-0.2, -0.15) is 0 Å². The van der Waals surface area contributed by atoms with Crippen LogP contribution in [0.3, 0.4) is 0 Å². The van der Waals surface area contributed by atoms with Crippen molar-refractivity contribution in [2.45, 2.75) is 64.8 Å². The number of nitrogens with one attached hydrogen (secondary N) is 1. The summed E-state index contributed by atoms with van der Waals surface area (Å²) in [6, 6.07) is 3.35. The van der Waals surface area contributed by atoms with Gasteiger partial charge in [-0.3, -0.25) is 9.59 Å². The van der Waals surface area contributed by atoms with E-state index in [0.29, 0.717) is 30.0 Å². The van der Waals surface area contributed by atoms with Gasteiger partial charge < -0.3 is 15.8 Å². The third-order valence-electron chi connectivity index (χ3n) is 5.05. The number of primary amides is 1. The SMILES string of the molecule is CC(C)(C)[C@H](CC(N)=O)NC(=O)c1ccc(C2CC2)c(OCC2CC2)n1. The molecule has 0 bridgehead atoms. The zero-order valence-corrected chi connectivity index (χ0v) is 15.9. The number of carbonyl (C=O) groups excluding carboxylic acids is 2. The molecule has 0 aliphatic heterocycles. The molecule has 1 heterocycles. The Hall–Kier alpha value is -2.11. The van der Waals surface area contributed by atoms with Crippen LogP contribution in [0.4, 0.5) is 0 Å². The molecule has 2 amide bonds. The molecule has 6 nitrogen and oxygen atoms in total. The normalized spacial score (nSPS) is 18.3. The lowest BCUT2D eigenvalue weighted by Crippen LogP contribution is -2.46. The van der Waals surface area contributed by atoms with Crippen molar-refractivity contribution < 1.29 is 14.3 Å². The highest BCUT2D eigenvalue weighted by Crippen LogP contribution is 2.44. The second kappa shape index (κ2) is 7.25. The van der Waals surface area contributed by atoms with Gasteiger partial charge in [0.25, 0.3) is 5.91 Å². The number of ether oxygens (including phenoxy) is 1. The molecule has 2 aliphatic rings. The smallest absolute Gasteiger partial charge is 0.270 e. The van der Waals surface area contributed by atoms with Crippen LogP contribution in [0.25, 0.3) is 0 Å². The molecule has 0 saturated heterocycles. The number of rotatable bonds is 8. The monoisotopic (exact) mass is 359 g/mol. The molecule has 0 spiro atoms. The highest BCUT2D eigenvalue weighted by molar-refractivity contribution is 5.93. The molecule has 1 aromatic rings. The summed E-state index contributed by atoms with van der Waals surface area (Å²) in [5, 5.41) is 2.92. The number of aromatic nitrogens is 1. The largest absolute Gasteiger partial charge is 0.477 e. The van der Waals surface area contributed by atoms with E-state index in [4.69, 9.17) is 10.5 Å². The van der Waals surface area contributed by atoms with Gasteiger partial charge in [-0.25, -0.2) is 4.98 Å². The van der Waals surface area contributed by atoms with Crippen LogP contribution in [0, 0.1) is 11.3 Å². The fourth-order valence-electron chi connectivity index (χ4n) is 2.89. The van der Waals surface area contributed by atoms with Crippen molar-refractivity contribution in [3.8, 4) is 5.88 Å².